The van der Waals surface area contributed by atoms with Crippen LogP contribution in [-0.2, 0) is 10.0 Å². The van der Waals surface area contributed by atoms with Crippen molar-refractivity contribution < 1.29 is 17.6 Å². The maximum Gasteiger partial charge on any atom is 0.251 e. The summed E-state index contributed by atoms with van der Waals surface area (Å²) in [6.45, 7) is 3.39. The summed E-state index contributed by atoms with van der Waals surface area (Å²) in [5.74, 6) is -0.836. The fourth-order valence-electron chi connectivity index (χ4n) is 2.18. The first-order valence-electron chi connectivity index (χ1n) is 7.30. The van der Waals surface area contributed by atoms with E-state index in [-0.39, 0.29) is 11.6 Å². The lowest BCUT2D eigenvalue weighted by atomic mass is 10.1. The molecule has 2 N–H and O–H groups in total. The van der Waals surface area contributed by atoms with Gasteiger partial charge in [0.1, 0.15) is 5.82 Å². The minimum absolute atomic E-state index is 0.232. The smallest absolute Gasteiger partial charge is 0.251 e. The number of benzene rings is 2. The predicted molar refractivity (Wildman–Crippen MR) is 91.9 cm³/mol. The summed E-state index contributed by atoms with van der Waals surface area (Å²) < 4.78 is 38.5. The molecule has 0 bridgehead atoms. The Kier molecular flexibility index (Phi) is 5.23. The molecule has 0 aliphatic carbocycles. The second kappa shape index (κ2) is 7.00. The van der Waals surface area contributed by atoms with Gasteiger partial charge < -0.3 is 5.32 Å². The number of rotatable bonds is 5. The zero-order valence-corrected chi connectivity index (χ0v) is 14.4. The number of carbonyl (C=O) groups excluding carboxylic acids is 1. The minimum atomic E-state index is -3.37. The Balaban J connectivity index is 2.14. The van der Waals surface area contributed by atoms with E-state index in [0.717, 1.165) is 11.8 Å². The molecule has 2 aromatic rings. The maximum atomic E-state index is 13.6. The molecule has 0 radical (unpaired) electrons. The van der Waals surface area contributed by atoms with E-state index < -0.39 is 21.7 Å². The Labute approximate surface area is 141 Å². The van der Waals surface area contributed by atoms with Gasteiger partial charge in [0, 0.05) is 11.3 Å². The maximum absolute atomic E-state index is 13.6. The van der Waals surface area contributed by atoms with Gasteiger partial charge in [-0.05, 0) is 49.2 Å². The molecule has 2 rings (SSSR count). The van der Waals surface area contributed by atoms with E-state index in [2.05, 4.69) is 10.0 Å². The topological polar surface area (TPSA) is 75.3 Å². The molecule has 7 heteroatoms. The number of amides is 1. The second-order valence-electron chi connectivity index (χ2n) is 5.66. The van der Waals surface area contributed by atoms with E-state index in [1.165, 1.54) is 6.07 Å². The highest BCUT2D eigenvalue weighted by Crippen LogP contribution is 2.19. The molecule has 0 aliphatic heterocycles. The molecule has 0 fully saturated rings. The average Bonchev–Trinajstić information content (AvgIpc) is 2.48. The summed E-state index contributed by atoms with van der Waals surface area (Å²) in [4.78, 5) is 12.2. The van der Waals surface area contributed by atoms with E-state index in [9.17, 15) is 17.6 Å². The third-order valence-electron chi connectivity index (χ3n) is 3.47. The third kappa shape index (κ3) is 4.79. The van der Waals surface area contributed by atoms with E-state index in [1.54, 1.807) is 50.2 Å². The Hall–Kier alpha value is -2.41. The molecule has 24 heavy (non-hydrogen) atoms. The van der Waals surface area contributed by atoms with Gasteiger partial charge in [-0.15, -0.1) is 0 Å². The van der Waals surface area contributed by atoms with Crippen molar-refractivity contribution in [3.05, 3.63) is 65.0 Å². The van der Waals surface area contributed by atoms with E-state index in [1.807, 2.05) is 0 Å². The summed E-state index contributed by atoms with van der Waals surface area (Å²) in [5.41, 5.74) is 1.84. The lowest BCUT2D eigenvalue weighted by Crippen LogP contribution is -2.26. The zero-order valence-electron chi connectivity index (χ0n) is 13.6. The monoisotopic (exact) mass is 350 g/mol. The quantitative estimate of drug-likeness (QED) is 0.870. The first kappa shape index (κ1) is 17.9. The molecule has 0 unspecified atom stereocenters. The van der Waals surface area contributed by atoms with Crippen LogP contribution in [0.1, 0.15) is 34.5 Å². The fourth-order valence-corrected chi connectivity index (χ4v) is 2.74. The van der Waals surface area contributed by atoms with Gasteiger partial charge in [0.25, 0.3) is 5.91 Å². The standard InChI is InChI=1S/C17H19FN2O3S/c1-11-7-8-14(10-16(11)18)17(21)19-12(2)13-5-4-6-15(9-13)20-24(3,22)23/h4-10,12,20H,1-3H3,(H,19,21)/t12-/m0/s1. The van der Waals surface area contributed by atoms with Crippen LogP contribution < -0.4 is 10.0 Å². The van der Waals surface area contributed by atoms with Crippen molar-refractivity contribution in [2.45, 2.75) is 19.9 Å². The minimum Gasteiger partial charge on any atom is -0.346 e. The molecule has 0 heterocycles. The summed E-state index contributed by atoms with van der Waals surface area (Å²) in [6.07, 6.45) is 1.07. The highest BCUT2D eigenvalue weighted by Gasteiger charge is 2.13. The lowest BCUT2D eigenvalue weighted by molar-refractivity contribution is 0.0939. The number of hydrogen-bond acceptors (Lipinski definition) is 3. The van der Waals surface area contributed by atoms with Crippen molar-refractivity contribution in [3.8, 4) is 0 Å². The van der Waals surface area contributed by atoms with Crippen LogP contribution >= 0.6 is 0 Å². The Morgan fingerprint density at radius 3 is 2.50 bits per heavy atom. The molecular weight excluding hydrogens is 331 g/mol. The van der Waals surface area contributed by atoms with E-state index in [0.29, 0.717) is 11.3 Å². The number of hydrogen-bond donors (Lipinski definition) is 2. The van der Waals surface area contributed by atoms with Crippen LogP contribution in [0.3, 0.4) is 0 Å². The summed E-state index contributed by atoms with van der Waals surface area (Å²) in [6, 6.07) is 10.6. The predicted octanol–water partition coefficient (Wildman–Crippen LogP) is 3.00. The SMILES string of the molecule is Cc1ccc(C(=O)N[C@@H](C)c2cccc(NS(C)(=O)=O)c2)cc1F. The Morgan fingerprint density at radius 1 is 1.17 bits per heavy atom. The van der Waals surface area contributed by atoms with Crippen molar-refractivity contribution in [1.82, 2.24) is 5.32 Å². The van der Waals surface area contributed by atoms with Crippen LogP contribution in [0.5, 0.6) is 0 Å². The fraction of sp³-hybridized carbons (Fsp3) is 0.235. The number of halogens is 1. The zero-order chi connectivity index (χ0) is 17.9. The average molecular weight is 350 g/mol. The highest BCUT2D eigenvalue weighted by molar-refractivity contribution is 7.92. The summed E-state index contributed by atoms with van der Waals surface area (Å²) in [7, 11) is -3.37. The highest BCUT2D eigenvalue weighted by atomic mass is 32.2. The van der Waals surface area contributed by atoms with E-state index in [4.69, 9.17) is 0 Å². The molecule has 0 spiro atoms. The Morgan fingerprint density at radius 2 is 1.88 bits per heavy atom. The molecule has 0 saturated carbocycles. The Bertz CT molecular complexity index is 866. The van der Waals surface area contributed by atoms with Crippen LogP contribution in [0.15, 0.2) is 42.5 Å². The van der Waals surface area contributed by atoms with Gasteiger partial charge in [-0.1, -0.05) is 18.2 Å². The van der Waals surface area contributed by atoms with Gasteiger partial charge in [-0.25, -0.2) is 12.8 Å². The number of nitrogens with one attached hydrogen (secondary N) is 2. The van der Waals surface area contributed by atoms with Gasteiger partial charge in [-0.3, -0.25) is 9.52 Å². The summed E-state index contributed by atoms with van der Waals surface area (Å²) >= 11 is 0. The van der Waals surface area contributed by atoms with Crippen molar-refractivity contribution in [2.75, 3.05) is 11.0 Å². The molecule has 0 aromatic heterocycles. The molecule has 2 aromatic carbocycles. The number of sulfonamides is 1. The van der Waals surface area contributed by atoms with Gasteiger partial charge in [0.05, 0.1) is 12.3 Å². The van der Waals surface area contributed by atoms with Crippen molar-refractivity contribution in [1.29, 1.82) is 0 Å². The molecule has 0 aliphatic rings. The normalized spacial score (nSPS) is 12.5. The van der Waals surface area contributed by atoms with Crippen molar-refractivity contribution in [3.63, 3.8) is 0 Å². The number of aryl methyl sites for hydroxylation is 1. The van der Waals surface area contributed by atoms with Crippen LogP contribution in [0.4, 0.5) is 10.1 Å². The van der Waals surface area contributed by atoms with E-state index >= 15 is 0 Å². The van der Waals surface area contributed by atoms with Crippen LogP contribution in [0.2, 0.25) is 0 Å². The summed E-state index contributed by atoms with van der Waals surface area (Å²) in [5, 5.41) is 2.77. The molecule has 5 nitrogen and oxygen atoms in total. The molecule has 1 atom stereocenters. The second-order valence-corrected chi connectivity index (χ2v) is 7.41. The molecule has 0 saturated heterocycles. The first-order valence-corrected chi connectivity index (χ1v) is 9.19. The number of anilines is 1. The molecular formula is C17H19FN2O3S. The van der Waals surface area contributed by atoms with Gasteiger partial charge >= 0.3 is 0 Å². The van der Waals surface area contributed by atoms with Gasteiger partial charge in [0.2, 0.25) is 10.0 Å². The number of carbonyl (C=O) groups is 1. The van der Waals surface area contributed by atoms with Crippen LogP contribution in [0, 0.1) is 12.7 Å². The van der Waals surface area contributed by atoms with Crippen molar-refractivity contribution in [2.24, 2.45) is 0 Å². The lowest BCUT2D eigenvalue weighted by Gasteiger charge is -2.16. The van der Waals surface area contributed by atoms with Crippen molar-refractivity contribution >= 4 is 21.6 Å². The van der Waals surface area contributed by atoms with Gasteiger partial charge in [-0.2, -0.15) is 0 Å². The largest absolute Gasteiger partial charge is 0.346 e. The first-order chi connectivity index (χ1) is 11.2. The third-order valence-corrected chi connectivity index (χ3v) is 4.08. The van der Waals surface area contributed by atoms with Crippen LogP contribution in [0.25, 0.3) is 0 Å². The van der Waals surface area contributed by atoms with Gasteiger partial charge in [0.15, 0.2) is 0 Å². The molecule has 128 valence electrons. The molecule has 1 amide bonds. The van der Waals surface area contributed by atoms with Crippen LogP contribution in [-0.4, -0.2) is 20.6 Å².